The lowest BCUT2D eigenvalue weighted by Crippen LogP contribution is -2.33. The van der Waals surface area contributed by atoms with Crippen LogP contribution in [0.2, 0.25) is 0 Å². The van der Waals surface area contributed by atoms with Gasteiger partial charge in [0.05, 0.1) is 0 Å². The van der Waals surface area contributed by atoms with Crippen molar-refractivity contribution in [1.29, 1.82) is 0 Å². The van der Waals surface area contributed by atoms with Gasteiger partial charge in [0.25, 0.3) is 5.91 Å². The predicted molar refractivity (Wildman–Crippen MR) is 103 cm³/mol. The van der Waals surface area contributed by atoms with Crippen molar-refractivity contribution in [3.63, 3.8) is 0 Å². The summed E-state index contributed by atoms with van der Waals surface area (Å²) in [6.45, 7) is 3.85. The second-order valence-corrected chi connectivity index (χ2v) is 6.36. The summed E-state index contributed by atoms with van der Waals surface area (Å²) in [6.07, 6.45) is 6.89. The first-order valence-electron chi connectivity index (χ1n) is 9.18. The van der Waals surface area contributed by atoms with E-state index in [2.05, 4.69) is 31.2 Å². The fourth-order valence-electron chi connectivity index (χ4n) is 2.98. The second kappa shape index (κ2) is 9.84. The number of pyridine rings is 2. The van der Waals surface area contributed by atoms with E-state index in [0.29, 0.717) is 23.2 Å². The zero-order valence-electron chi connectivity index (χ0n) is 14.9. The number of nitrogens with zero attached hydrogens (tertiary/aromatic N) is 2. The minimum absolute atomic E-state index is 0.232. The maximum atomic E-state index is 12.3. The molecule has 0 radical (unpaired) electrons. The molecule has 0 spiro atoms. The Balaban J connectivity index is 1.45. The van der Waals surface area contributed by atoms with Gasteiger partial charge in [-0.25, -0.2) is 4.98 Å². The van der Waals surface area contributed by atoms with Crippen molar-refractivity contribution in [2.24, 2.45) is 0 Å². The molecular formula is C19H26N6O. The van der Waals surface area contributed by atoms with Crippen molar-refractivity contribution in [3.8, 4) is 0 Å². The highest BCUT2D eigenvalue weighted by Gasteiger charge is 2.11. The third-order valence-corrected chi connectivity index (χ3v) is 4.36. The van der Waals surface area contributed by atoms with E-state index in [0.717, 1.165) is 26.2 Å². The highest BCUT2D eigenvalue weighted by atomic mass is 16.1. The maximum absolute atomic E-state index is 12.3. The molecule has 2 aromatic heterocycles. The average molecular weight is 354 g/mol. The smallest absolute Gasteiger partial charge is 0.274 e. The Hall–Kier alpha value is -2.51. The van der Waals surface area contributed by atoms with E-state index in [-0.39, 0.29) is 5.91 Å². The number of carbonyl (C=O) groups is 1. The van der Waals surface area contributed by atoms with Crippen molar-refractivity contribution in [1.82, 2.24) is 20.6 Å². The Morgan fingerprint density at radius 1 is 1.12 bits per heavy atom. The van der Waals surface area contributed by atoms with E-state index < -0.39 is 0 Å². The lowest BCUT2D eigenvalue weighted by atomic mass is 10.1. The van der Waals surface area contributed by atoms with Crippen molar-refractivity contribution in [3.05, 3.63) is 48.4 Å². The molecule has 3 rings (SSSR count). The summed E-state index contributed by atoms with van der Waals surface area (Å²) in [5.41, 5.74) is 1.09. The van der Waals surface area contributed by atoms with Crippen LogP contribution >= 0.6 is 0 Å². The molecule has 0 aliphatic carbocycles. The number of nitrogens with one attached hydrogen (secondary N) is 4. The molecule has 0 saturated carbocycles. The minimum atomic E-state index is -0.232. The molecule has 1 fully saturated rings. The summed E-state index contributed by atoms with van der Waals surface area (Å²) >= 11 is 0. The molecule has 1 unspecified atom stereocenters. The van der Waals surface area contributed by atoms with Gasteiger partial charge in [-0.1, -0.05) is 6.07 Å². The Labute approximate surface area is 154 Å². The molecule has 26 heavy (non-hydrogen) atoms. The summed E-state index contributed by atoms with van der Waals surface area (Å²) in [4.78, 5) is 20.6. The third kappa shape index (κ3) is 5.79. The van der Waals surface area contributed by atoms with Gasteiger partial charge in [-0.3, -0.25) is 9.78 Å². The molecule has 7 heteroatoms. The summed E-state index contributed by atoms with van der Waals surface area (Å²) in [5, 5.41) is 13.1. The Morgan fingerprint density at radius 3 is 2.88 bits per heavy atom. The third-order valence-electron chi connectivity index (χ3n) is 4.36. The number of carbonyl (C=O) groups excluding carboxylic acids is 1. The second-order valence-electron chi connectivity index (χ2n) is 6.36. The molecule has 138 valence electrons. The molecule has 1 atom stereocenters. The zero-order valence-corrected chi connectivity index (χ0v) is 14.9. The Kier molecular flexibility index (Phi) is 6.92. The predicted octanol–water partition coefficient (Wildman–Crippen LogP) is 1.87. The molecule has 7 nitrogen and oxygen atoms in total. The Morgan fingerprint density at radius 2 is 2.00 bits per heavy atom. The van der Waals surface area contributed by atoms with Gasteiger partial charge in [-0.15, -0.1) is 0 Å². The summed E-state index contributed by atoms with van der Waals surface area (Å²) < 4.78 is 0. The van der Waals surface area contributed by atoms with Crippen molar-refractivity contribution in [2.75, 3.05) is 36.8 Å². The van der Waals surface area contributed by atoms with Gasteiger partial charge in [0.1, 0.15) is 11.5 Å². The van der Waals surface area contributed by atoms with Crippen LogP contribution in [0.25, 0.3) is 0 Å². The van der Waals surface area contributed by atoms with Crippen LogP contribution in [0.15, 0.2) is 42.7 Å². The standard InChI is InChI=1S/C19H26N6O/c26-19(24-16-7-11-21-12-8-16)17-4-1-5-18(25-17)23-14-13-22-15-3-2-9-20-10-6-15/h1,4-5,7-8,11-12,15,20,22H,2-3,6,9-10,13-14H2,(H,23,25)(H,21,24,26). The minimum Gasteiger partial charge on any atom is -0.369 e. The molecule has 2 aromatic rings. The van der Waals surface area contributed by atoms with E-state index in [4.69, 9.17) is 0 Å². The lowest BCUT2D eigenvalue weighted by Gasteiger charge is -2.16. The normalized spacial score (nSPS) is 17.3. The first-order chi connectivity index (χ1) is 12.8. The largest absolute Gasteiger partial charge is 0.369 e. The first kappa shape index (κ1) is 18.3. The van der Waals surface area contributed by atoms with Gasteiger partial charge in [0.15, 0.2) is 0 Å². The van der Waals surface area contributed by atoms with E-state index in [1.165, 1.54) is 19.3 Å². The van der Waals surface area contributed by atoms with Crippen molar-refractivity contribution in [2.45, 2.75) is 25.3 Å². The molecule has 1 amide bonds. The number of anilines is 2. The molecule has 3 heterocycles. The fourth-order valence-corrected chi connectivity index (χ4v) is 2.98. The number of amides is 1. The van der Waals surface area contributed by atoms with Gasteiger partial charge >= 0.3 is 0 Å². The van der Waals surface area contributed by atoms with E-state index in [9.17, 15) is 4.79 Å². The van der Waals surface area contributed by atoms with Crippen LogP contribution in [-0.4, -0.2) is 48.1 Å². The van der Waals surface area contributed by atoms with E-state index in [1.54, 1.807) is 30.6 Å². The number of hydrogen-bond donors (Lipinski definition) is 4. The number of aromatic nitrogens is 2. The lowest BCUT2D eigenvalue weighted by molar-refractivity contribution is 0.102. The van der Waals surface area contributed by atoms with Crippen LogP contribution in [0.4, 0.5) is 11.5 Å². The van der Waals surface area contributed by atoms with Crippen molar-refractivity contribution < 1.29 is 4.79 Å². The Bertz CT molecular complexity index is 685. The molecular weight excluding hydrogens is 328 g/mol. The van der Waals surface area contributed by atoms with Crippen LogP contribution in [0.1, 0.15) is 29.8 Å². The van der Waals surface area contributed by atoms with Crippen LogP contribution in [0, 0.1) is 0 Å². The average Bonchev–Trinajstić information content (AvgIpc) is 2.95. The van der Waals surface area contributed by atoms with Gasteiger partial charge in [-0.05, 0) is 56.6 Å². The maximum Gasteiger partial charge on any atom is 0.274 e. The zero-order chi connectivity index (χ0) is 18.0. The van der Waals surface area contributed by atoms with Crippen LogP contribution in [-0.2, 0) is 0 Å². The quantitative estimate of drug-likeness (QED) is 0.568. The SMILES string of the molecule is O=C(Nc1ccncc1)c1cccc(NCCNC2CCCNCC2)n1. The summed E-state index contributed by atoms with van der Waals surface area (Å²) in [7, 11) is 0. The highest BCUT2D eigenvalue weighted by molar-refractivity contribution is 6.03. The molecule has 1 saturated heterocycles. The molecule has 4 N–H and O–H groups in total. The monoisotopic (exact) mass is 354 g/mol. The van der Waals surface area contributed by atoms with Gasteiger partial charge < -0.3 is 21.3 Å². The topological polar surface area (TPSA) is 91.0 Å². The molecule has 1 aliphatic heterocycles. The van der Waals surface area contributed by atoms with Crippen LogP contribution in [0.5, 0.6) is 0 Å². The molecule has 1 aliphatic rings. The molecule has 0 aromatic carbocycles. The summed E-state index contributed by atoms with van der Waals surface area (Å²) in [5.74, 6) is 0.473. The first-order valence-corrected chi connectivity index (χ1v) is 9.18. The van der Waals surface area contributed by atoms with Gasteiger partial charge in [-0.2, -0.15) is 0 Å². The number of rotatable bonds is 7. The number of hydrogen-bond acceptors (Lipinski definition) is 6. The van der Waals surface area contributed by atoms with Crippen LogP contribution in [0.3, 0.4) is 0 Å². The van der Waals surface area contributed by atoms with Gasteiger partial charge in [0.2, 0.25) is 0 Å². The molecule has 0 bridgehead atoms. The van der Waals surface area contributed by atoms with E-state index >= 15 is 0 Å². The highest BCUT2D eigenvalue weighted by Crippen LogP contribution is 2.09. The fraction of sp³-hybridized carbons (Fsp3) is 0.421. The van der Waals surface area contributed by atoms with E-state index in [1.807, 2.05) is 12.1 Å². The van der Waals surface area contributed by atoms with Crippen LogP contribution < -0.4 is 21.3 Å². The van der Waals surface area contributed by atoms with Gasteiger partial charge in [0, 0.05) is 37.2 Å². The van der Waals surface area contributed by atoms with Crippen molar-refractivity contribution >= 4 is 17.4 Å². The summed E-state index contributed by atoms with van der Waals surface area (Å²) in [6, 6.07) is 9.49.